The van der Waals surface area contributed by atoms with Crippen LogP contribution in [0.5, 0.6) is 0 Å². The van der Waals surface area contributed by atoms with Gasteiger partial charge in [-0.25, -0.2) is 4.79 Å². The average molecular weight is 282 g/mol. The monoisotopic (exact) mass is 282 g/mol. The van der Waals surface area contributed by atoms with Gasteiger partial charge in [-0.15, -0.1) is 6.58 Å². The molecule has 5 nitrogen and oxygen atoms in total. The van der Waals surface area contributed by atoms with Crippen LogP contribution in [-0.2, 0) is 14.3 Å². The summed E-state index contributed by atoms with van der Waals surface area (Å²) >= 11 is 0. The molecule has 1 aromatic carbocycles. The summed E-state index contributed by atoms with van der Waals surface area (Å²) in [5.41, 5.74) is 1.05. The van der Waals surface area contributed by atoms with Gasteiger partial charge in [0.25, 0.3) is 5.91 Å². The van der Waals surface area contributed by atoms with Gasteiger partial charge in [0.1, 0.15) is 6.07 Å². The Morgan fingerprint density at radius 1 is 1.48 bits per heavy atom. The van der Waals surface area contributed by atoms with Crippen LogP contribution < -0.4 is 4.90 Å². The minimum absolute atomic E-state index is 0.0911. The van der Waals surface area contributed by atoms with Crippen molar-refractivity contribution in [2.75, 3.05) is 18.1 Å². The predicted molar refractivity (Wildman–Crippen MR) is 78.2 cm³/mol. The van der Waals surface area contributed by atoms with Gasteiger partial charge in [0.2, 0.25) is 0 Å². The number of rotatable bonds is 4. The molecule has 21 heavy (non-hydrogen) atoms. The van der Waals surface area contributed by atoms with Crippen LogP contribution in [0.25, 0.3) is 5.57 Å². The molecule has 5 heteroatoms. The number of carbonyl (C=O) groups excluding carboxylic acids is 2. The maximum Gasteiger partial charge on any atom is 0.349 e. The van der Waals surface area contributed by atoms with E-state index in [0.29, 0.717) is 17.8 Å². The van der Waals surface area contributed by atoms with Gasteiger partial charge in [0, 0.05) is 12.1 Å². The molecule has 1 aromatic rings. The maximum absolute atomic E-state index is 12.5. The first-order valence-corrected chi connectivity index (χ1v) is 6.49. The molecule has 0 spiro atoms. The van der Waals surface area contributed by atoms with E-state index in [-0.39, 0.29) is 23.7 Å². The highest BCUT2D eigenvalue weighted by Gasteiger charge is 2.36. The van der Waals surface area contributed by atoms with Gasteiger partial charge in [0.15, 0.2) is 5.57 Å². The molecule has 1 aliphatic rings. The normalized spacial score (nSPS) is 15.2. The number of anilines is 1. The number of esters is 1. The molecule has 0 atom stereocenters. The topological polar surface area (TPSA) is 70.4 Å². The van der Waals surface area contributed by atoms with Crippen LogP contribution in [0.15, 0.2) is 42.5 Å². The van der Waals surface area contributed by atoms with Crippen LogP contribution in [0.1, 0.15) is 12.5 Å². The second-order valence-electron chi connectivity index (χ2n) is 4.30. The molecule has 1 aliphatic heterocycles. The molecular weight excluding hydrogens is 268 g/mol. The van der Waals surface area contributed by atoms with Crippen LogP contribution in [0.3, 0.4) is 0 Å². The fraction of sp³-hybridized carbons (Fsp3) is 0.188. The fourth-order valence-electron chi connectivity index (χ4n) is 2.24. The molecule has 0 aliphatic carbocycles. The Kier molecular flexibility index (Phi) is 4.19. The van der Waals surface area contributed by atoms with Gasteiger partial charge in [0.05, 0.1) is 17.9 Å². The molecule has 0 fully saturated rings. The molecular formula is C16H14N2O3. The minimum Gasteiger partial charge on any atom is -0.462 e. The van der Waals surface area contributed by atoms with Gasteiger partial charge >= 0.3 is 5.97 Å². The highest BCUT2D eigenvalue weighted by Crippen LogP contribution is 2.38. The van der Waals surface area contributed by atoms with Crippen molar-refractivity contribution in [3.8, 4) is 6.07 Å². The Balaban J connectivity index is 2.64. The number of hydrogen-bond acceptors (Lipinski definition) is 4. The van der Waals surface area contributed by atoms with E-state index in [4.69, 9.17) is 4.74 Å². The third-order valence-electron chi connectivity index (χ3n) is 3.08. The SMILES string of the molecule is C=CCN1C(=O)/C(=C(\C#N)C(=O)OCC)c2ccccc21. The highest BCUT2D eigenvalue weighted by atomic mass is 16.5. The fourth-order valence-corrected chi connectivity index (χ4v) is 2.24. The number of nitrogens with zero attached hydrogens (tertiary/aromatic N) is 2. The van der Waals surface area contributed by atoms with Crippen LogP contribution in [0, 0.1) is 11.3 Å². The van der Waals surface area contributed by atoms with Gasteiger partial charge in [-0.1, -0.05) is 24.3 Å². The number of carbonyl (C=O) groups is 2. The van der Waals surface area contributed by atoms with Crippen molar-refractivity contribution in [1.82, 2.24) is 0 Å². The molecule has 0 bridgehead atoms. The van der Waals surface area contributed by atoms with Crippen molar-refractivity contribution in [2.24, 2.45) is 0 Å². The number of hydrogen-bond donors (Lipinski definition) is 0. The van der Waals surface area contributed by atoms with Crippen LogP contribution in [0.2, 0.25) is 0 Å². The number of para-hydroxylation sites is 1. The first-order valence-electron chi connectivity index (χ1n) is 6.49. The maximum atomic E-state index is 12.5. The van der Waals surface area contributed by atoms with Crippen LogP contribution in [0.4, 0.5) is 5.69 Å². The molecule has 0 saturated heterocycles. The number of nitriles is 1. The van der Waals surface area contributed by atoms with Gasteiger partial charge in [-0.3, -0.25) is 4.79 Å². The van der Waals surface area contributed by atoms with E-state index >= 15 is 0 Å². The first-order chi connectivity index (χ1) is 10.2. The van der Waals surface area contributed by atoms with E-state index in [2.05, 4.69) is 6.58 Å². The summed E-state index contributed by atoms with van der Waals surface area (Å²) in [5, 5.41) is 9.24. The van der Waals surface area contributed by atoms with Gasteiger partial charge in [-0.2, -0.15) is 5.26 Å². The Morgan fingerprint density at radius 2 is 2.19 bits per heavy atom. The van der Waals surface area contributed by atoms with Crippen LogP contribution in [-0.4, -0.2) is 25.0 Å². The Bertz CT molecular complexity index is 683. The molecule has 0 radical (unpaired) electrons. The summed E-state index contributed by atoms with van der Waals surface area (Å²) in [7, 11) is 0. The first kappa shape index (κ1) is 14.5. The summed E-state index contributed by atoms with van der Waals surface area (Å²) in [6.45, 7) is 5.71. The van der Waals surface area contributed by atoms with Crippen molar-refractivity contribution in [1.29, 1.82) is 5.26 Å². The lowest BCUT2D eigenvalue weighted by Gasteiger charge is -2.14. The van der Waals surface area contributed by atoms with Gasteiger partial charge < -0.3 is 9.64 Å². The summed E-state index contributed by atoms with van der Waals surface area (Å²) < 4.78 is 4.86. The lowest BCUT2D eigenvalue weighted by molar-refractivity contribution is -0.138. The zero-order valence-electron chi connectivity index (χ0n) is 11.6. The standard InChI is InChI=1S/C16H14N2O3/c1-3-9-18-13-8-6-5-7-11(13)14(15(18)19)12(10-17)16(20)21-4-2/h3,5-8H,1,4,9H2,2H3/b14-12+. The summed E-state index contributed by atoms with van der Waals surface area (Å²) in [4.78, 5) is 25.9. The number of amides is 1. The zero-order valence-corrected chi connectivity index (χ0v) is 11.6. The zero-order chi connectivity index (χ0) is 15.4. The Morgan fingerprint density at radius 3 is 2.81 bits per heavy atom. The molecule has 0 unspecified atom stereocenters. The van der Waals surface area contributed by atoms with E-state index in [9.17, 15) is 14.9 Å². The molecule has 0 saturated carbocycles. The molecule has 1 amide bonds. The van der Waals surface area contributed by atoms with E-state index in [1.54, 1.807) is 43.3 Å². The second-order valence-corrected chi connectivity index (χ2v) is 4.30. The lowest BCUT2D eigenvalue weighted by atomic mass is 10.0. The van der Waals surface area contributed by atoms with E-state index in [1.807, 2.05) is 0 Å². The smallest absolute Gasteiger partial charge is 0.349 e. The summed E-state index contributed by atoms with van der Waals surface area (Å²) in [5.74, 6) is -1.17. The predicted octanol–water partition coefficient (Wildman–Crippen LogP) is 2.06. The Labute approximate surface area is 122 Å². The van der Waals surface area contributed by atoms with Crippen molar-refractivity contribution in [2.45, 2.75) is 6.92 Å². The molecule has 106 valence electrons. The summed E-state index contributed by atoms with van der Waals surface area (Å²) in [6.07, 6.45) is 1.59. The number of fused-ring (bicyclic) bond motifs is 1. The number of benzene rings is 1. The molecule has 0 N–H and O–H groups in total. The molecule has 2 rings (SSSR count). The van der Waals surface area contributed by atoms with E-state index < -0.39 is 5.97 Å². The quantitative estimate of drug-likeness (QED) is 0.367. The third-order valence-corrected chi connectivity index (χ3v) is 3.08. The van der Waals surface area contributed by atoms with Crippen molar-refractivity contribution in [3.63, 3.8) is 0 Å². The highest BCUT2D eigenvalue weighted by molar-refractivity contribution is 6.36. The lowest BCUT2D eigenvalue weighted by Crippen LogP contribution is -2.27. The van der Waals surface area contributed by atoms with E-state index in [0.717, 1.165) is 0 Å². The third kappa shape index (κ3) is 2.43. The Hall–Kier alpha value is -2.87. The second kappa shape index (κ2) is 6.06. The van der Waals surface area contributed by atoms with Crippen molar-refractivity contribution >= 4 is 23.1 Å². The van der Waals surface area contributed by atoms with Crippen molar-refractivity contribution < 1.29 is 14.3 Å². The van der Waals surface area contributed by atoms with E-state index in [1.165, 1.54) is 4.90 Å². The largest absolute Gasteiger partial charge is 0.462 e. The van der Waals surface area contributed by atoms with Crippen molar-refractivity contribution in [3.05, 3.63) is 48.1 Å². The number of ether oxygens (including phenoxy) is 1. The minimum atomic E-state index is -0.779. The van der Waals surface area contributed by atoms with Gasteiger partial charge in [-0.05, 0) is 13.0 Å². The molecule has 0 aromatic heterocycles. The molecule has 1 heterocycles. The van der Waals surface area contributed by atoms with Crippen LogP contribution >= 0.6 is 0 Å². The average Bonchev–Trinajstić information content (AvgIpc) is 2.75. The summed E-state index contributed by atoms with van der Waals surface area (Å²) in [6, 6.07) is 8.82.